The second kappa shape index (κ2) is 4.74. The van der Waals surface area contributed by atoms with E-state index in [1.54, 1.807) is 31.2 Å². The molecule has 96 valence electrons. The Morgan fingerprint density at radius 2 is 2.00 bits per heavy atom. The van der Waals surface area contributed by atoms with Gasteiger partial charge in [0.1, 0.15) is 0 Å². The minimum absolute atomic E-state index is 0.212. The van der Waals surface area contributed by atoms with E-state index in [0.29, 0.717) is 0 Å². The lowest BCUT2D eigenvalue weighted by atomic mass is 10.2. The van der Waals surface area contributed by atoms with Crippen LogP contribution < -0.4 is 4.72 Å². The fraction of sp³-hybridized carbons (Fsp3) is 0.182. The summed E-state index contributed by atoms with van der Waals surface area (Å²) in [4.78, 5) is 0.212. The number of hydrogen-bond acceptors (Lipinski definition) is 3. The molecule has 0 spiro atoms. The summed E-state index contributed by atoms with van der Waals surface area (Å²) in [6, 6.07) is 6.48. The van der Waals surface area contributed by atoms with Crippen LogP contribution in [0.1, 0.15) is 11.3 Å². The first-order chi connectivity index (χ1) is 8.38. The molecule has 0 unspecified atom stereocenters. The van der Waals surface area contributed by atoms with Crippen LogP contribution in [-0.4, -0.2) is 18.6 Å². The second-order valence-corrected chi connectivity index (χ2v) is 6.49. The number of aromatic nitrogens is 2. The predicted octanol–water partition coefficient (Wildman–Crippen LogP) is 2.59. The number of aryl methyl sites for hydroxylation is 2. The van der Waals surface area contributed by atoms with Crippen molar-refractivity contribution in [3.63, 3.8) is 0 Å². The number of sulfonamides is 1. The van der Waals surface area contributed by atoms with E-state index >= 15 is 0 Å². The van der Waals surface area contributed by atoms with Gasteiger partial charge in [-0.25, -0.2) is 8.42 Å². The second-order valence-electron chi connectivity index (χ2n) is 3.95. The van der Waals surface area contributed by atoms with E-state index in [9.17, 15) is 8.42 Å². The van der Waals surface area contributed by atoms with Crippen molar-refractivity contribution in [1.29, 1.82) is 0 Å². The Hall–Kier alpha value is -1.34. The number of H-pyrrole nitrogens is 1. The molecule has 0 saturated heterocycles. The van der Waals surface area contributed by atoms with Crippen LogP contribution in [0.2, 0.25) is 0 Å². The van der Waals surface area contributed by atoms with Crippen molar-refractivity contribution >= 4 is 31.8 Å². The summed E-state index contributed by atoms with van der Waals surface area (Å²) in [6.07, 6.45) is 0. The van der Waals surface area contributed by atoms with Gasteiger partial charge in [0.05, 0.1) is 4.90 Å². The molecule has 1 heterocycles. The third-order valence-corrected chi connectivity index (χ3v) is 4.63. The first-order valence-corrected chi connectivity index (χ1v) is 7.47. The molecular weight excluding hydrogens is 318 g/mol. The number of anilines is 1. The molecule has 0 atom stereocenters. The van der Waals surface area contributed by atoms with Gasteiger partial charge in [0.25, 0.3) is 10.0 Å². The average Bonchev–Trinajstić information content (AvgIpc) is 2.67. The zero-order valence-electron chi connectivity index (χ0n) is 9.86. The first-order valence-electron chi connectivity index (χ1n) is 5.19. The topological polar surface area (TPSA) is 74.8 Å². The van der Waals surface area contributed by atoms with Crippen LogP contribution in [0.15, 0.2) is 33.6 Å². The van der Waals surface area contributed by atoms with Crippen molar-refractivity contribution in [3.05, 3.63) is 40.0 Å². The molecule has 1 aromatic heterocycles. The van der Waals surface area contributed by atoms with Gasteiger partial charge in [-0.1, -0.05) is 15.9 Å². The van der Waals surface area contributed by atoms with Crippen molar-refractivity contribution in [2.45, 2.75) is 18.7 Å². The molecule has 5 nitrogen and oxygen atoms in total. The van der Waals surface area contributed by atoms with E-state index in [1.807, 2.05) is 6.92 Å². The number of aromatic amines is 1. The van der Waals surface area contributed by atoms with E-state index < -0.39 is 10.0 Å². The standard InChI is InChI=1S/C11H12BrN3O2S/c1-7-5-9(3-4-10(7)12)18(16,17)15-11-6-8(2)13-14-11/h3-6H,1-2H3,(H2,13,14,15). The quantitative estimate of drug-likeness (QED) is 0.908. The Labute approximate surface area is 114 Å². The molecule has 1 aromatic carbocycles. The van der Waals surface area contributed by atoms with Gasteiger partial charge < -0.3 is 0 Å². The highest BCUT2D eigenvalue weighted by Gasteiger charge is 2.16. The molecule has 0 bridgehead atoms. The van der Waals surface area contributed by atoms with E-state index in [-0.39, 0.29) is 10.7 Å². The fourth-order valence-electron chi connectivity index (χ4n) is 1.45. The maximum absolute atomic E-state index is 12.1. The van der Waals surface area contributed by atoms with Gasteiger partial charge in [0.15, 0.2) is 5.82 Å². The minimum Gasteiger partial charge on any atom is -0.281 e. The predicted molar refractivity (Wildman–Crippen MR) is 73.0 cm³/mol. The highest BCUT2D eigenvalue weighted by Crippen LogP contribution is 2.21. The summed E-state index contributed by atoms with van der Waals surface area (Å²) in [5.74, 6) is 0.285. The number of hydrogen-bond donors (Lipinski definition) is 2. The summed E-state index contributed by atoms with van der Waals surface area (Å²) in [5.41, 5.74) is 1.65. The van der Waals surface area contributed by atoms with Gasteiger partial charge >= 0.3 is 0 Å². The molecular formula is C11H12BrN3O2S. The minimum atomic E-state index is -3.59. The van der Waals surface area contributed by atoms with Gasteiger partial charge in [-0.2, -0.15) is 5.10 Å². The molecule has 2 aromatic rings. The highest BCUT2D eigenvalue weighted by molar-refractivity contribution is 9.10. The van der Waals surface area contributed by atoms with Crippen LogP contribution in [0.4, 0.5) is 5.82 Å². The van der Waals surface area contributed by atoms with Crippen molar-refractivity contribution in [2.75, 3.05) is 4.72 Å². The number of benzene rings is 1. The average molecular weight is 330 g/mol. The molecule has 0 aliphatic rings. The van der Waals surface area contributed by atoms with Crippen LogP contribution in [-0.2, 0) is 10.0 Å². The molecule has 0 radical (unpaired) electrons. The van der Waals surface area contributed by atoms with Gasteiger partial charge in [-0.15, -0.1) is 0 Å². The molecule has 7 heteroatoms. The van der Waals surface area contributed by atoms with Gasteiger partial charge in [-0.05, 0) is 37.6 Å². The number of nitrogens with one attached hydrogen (secondary N) is 2. The lowest BCUT2D eigenvalue weighted by Gasteiger charge is -2.06. The number of nitrogens with zero attached hydrogens (tertiary/aromatic N) is 1. The largest absolute Gasteiger partial charge is 0.281 e. The number of halogens is 1. The summed E-state index contributed by atoms with van der Waals surface area (Å²) < 4.78 is 27.5. The molecule has 0 fully saturated rings. The van der Waals surface area contributed by atoms with Crippen molar-refractivity contribution in [1.82, 2.24) is 10.2 Å². The van der Waals surface area contributed by atoms with Crippen molar-refractivity contribution in [3.8, 4) is 0 Å². The molecule has 0 aliphatic heterocycles. The van der Waals surface area contributed by atoms with E-state index in [2.05, 4.69) is 30.8 Å². The maximum Gasteiger partial charge on any atom is 0.263 e. The summed E-state index contributed by atoms with van der Waals surface area (Å²) >= 11 is 3.33. The van der Waals surface area contributed by atoms with E-state index in [1.165, 1.54) is 0 Å². The Kier molecular flexibility index (Phi) is 3.45. The maximum atomic E-state index is 12.1. The molecule has 18 heavy (non-hydrogen) atoms. The van der Waals surface area contributed by atoms with Crippen LogP contribution in [0.3, 0.4) is 0 Å². The highest BCUT2D eigenvalue weighted by atomic mass is 79.9. The monoisotopic (exact) mass is 329 g/mol. The zero-order valence-corrected chi connectivity index (χ0v) is 12.3. The molecule has 0 aliphatic carbocycles. The lowest BCUT2D eigenvalue weighted by molar-refractivity contribution is 0.601. The molecule has 2 rings (SSSR count). The molecule has 0 amide bonds. The van der Waals surface area contributed by atoms with Crippen molar-refractivity contribution < 1.29 is 8.42 Å². The summed E-state index contributed by atoms with van der Waals surface area (Å²) in [6.45, 7) is 3.64. The lowest BCUT2D eigenvalue weighted by Crippen LogP contribution is -2.13. The van der Waals surface area contributed by atoms with E-state index in [0.717, 1.165) is 15.7 Å². The smallest absolute Gasteiger partial charge is 0.263 e. The third-order valence-electron chi connectivity index (χ3n) is 2.38. The first kappa shape index (κ1) is 13.1. The van der Waals surface area contributed by atoms with Crippen molar-refractivity contribution in [2.24, 2.45) is 0 Å². The van der Waals surface area contributed by atoms with Gasteiger partial charge in [-0.3, -0.25) is 9.82 Å². The van der Waals surface area contributed by atoms with Gasteiger partial charge in [0, 0.05) is 16.2 Å². The Morgan fingerprint density at radius 1 is 1.28 bits per heavy atom. The van der Waals surface area contributed by atoms with Crippen LogP contribution >= 0.6 is 15.9 Å². The van der Waals surface area contributed by atoms with Crippen LogP contribution in [0.5, 0.6) is 0 Å². The summed E-state index contributed by atoms with van der Waals surface area (Å²) in [7, 11) is -3.59. The third kappa shape index (κ3) is 2.73. The van der Waals surface area contributed by atoms with Crippen LogP contribution in [0.25, 0.3) is 0 Å². The zero-order chi connectivity index (χ0) is 13.3. The summed E-state index contributed by atoms with van der Waals surface area (Å²) in [5, 5.41) is 6.52. The van der Waals surface area contributed by atoms with Gasteiger partial charge in [0.2, 0.25) is 0 Å². The molecule has 0 saturated carbocycles. The fourth-order valence-corrected chi connectivity index (χ4v) is 2.77. The number of rotatable bonds is 3. The SMILES string of the molecule is Cc1cc(NS(=O)(=O)c2ccc(Br)c(C)c2)n[nH]1. The molecule has 2 N–H and O–H groups in total. The Balaban J connectivity index is 2.33. The normalized spacial score (nSPS) is 11.5. The van der Waals surface area contributed by atoms with Crippen LogP contribution in [0, 0.1) is 13.8 Å². The van der Waals surface area contributed by atoms with E-state index in [4.69, 9.17) is 0 Å². The Bertz CT molecular complexity index is 679. The Morgan fingerprint density at radius 3 is 2.56 bits per heavy atom.